The highest BCUT2D eigenvalue weighted by atomic mass is 16.5. The molecule has 0 radical (unpaired) electrons. The van der Waals surface area contributed by atoms with Crippen LogP contribution < -0.4 is 0 Å². The zero-order valence-corrected chi connectivity index (χ0v) is 6.81. The molecule has 9 heavy (non-hydrogen) atoms. The second-order valence-electron chi connectivity index (χ2n) is 3.05. The van der Waals surface area contributed by atoms with Gasteiger partial charge in [0.25, 0.3) is 0 Å². The van der Waals surface area contributed by atoms with E-state index in [4.69, 9.17) is 4.74 Å². The van der Waals surface area contributed by atoms with E-state index in [1.807, 2.05) is 0 Å². The van der Waals surface area contributed by atoms with Crippen LogP contribution in [0, 0.1) is 5.92 Å². The van der Waals surface area contributed by atoms with Crippen LogP contribution in [0.2, 0.25) is 0 Å². The third kappa shape index (κ3) is 11.5. The predicted octanol–water partition coefficient (Wildman–Crippen LogP) is 2.46. The highest BCUT2D eigenvalue weighted by molar-refractivity contribution is 4.43. The predicted molar refractivity (Wildman–Crippen MR) is 40.6 cm³/mol. The minimum absolute atomic E-state index is 0.833. The molecule has 0 aliphatic carbocycles. The van der Waals surface area contributed by atoms with Crippen molar-refractivity contribution in [1.29, 1.82) is 0 Å². The Morgan fingerprint density at radius 1 is 1.00 bits per heavy atom. The second-order valence-corrected chi connectivity index (χ2v) is 3.05. The summed E-state index contributed by atoms with van der Waals surface area (Å²) in [6.45, 7) is 8.50. The van der Waals surface area contributed by atoms with Crippen molar-refractivity contribution in [3.05, 3.63) is 0 Å². The molecule has 0 aromatic heterocycles. The summed E-state index contributed by atoms with van der Waals surface area (Å²) in [6, 6.07) is 0. The van der Waals surface area contributed by atoms with Crippen LogP contribution in [0.5, 0.6) is 0 Å². The molecule has 0 aromatic carbocycles. The van der Waals surface area contributed by atoms with Crippen LogP contribution >= 0.6 is 0 Å². The lowest BCUT2D eigenvalue weighted by atomic mass is 10.3. The highest BCUT2D eigenvalue weighted by Crippen LogP contribution is 1.98. The van der Waals surface area contributed by atoms with Gasteiger partial charge in [0.2, 0.25) is 0 Å². The molecule has 1 nitrogen and oxygen atoms in total. The maximum Gasteiger partial charge on any atom is 0.0466 e. The lowest BCUT2D eigenvalue weighted by molar-refractivity contribution is 0.198. The fourth-order valence-electron chi connectivity index (χ4n) is 0.510. The number of rotatable bonds is 0. The van der Waals surface area contributed by atoms with Crippen LogP contribution in [0.25, 0.3) is 0 Å². The first-order valence-corrected chi connectivity index (χ1v) is 3.81. The van der Waals surface area contributed by atoms with E-state index in [0.29, 0.717) is 0 Å². The van der Waals surface area contributed by atoms with Crippen LogP contribution in [0.3, 0.4) is 0 Å². The minimum Gasteiger partial charge on any atom is -0.381 e. The van der Waals surface area contributed by atoms with Crippen LogP contribution in [0.1, 0.15) is 33.6 Å². The normalized spacial score (nSPS) is 17.3. The van der Waals surface area contributed by atoms with Crippen molar-refractivity contribution >= 4 is 0 Å². The summed E-state index contributed by atoms with van der Waals surface area (Å²) in [4.78, 5) is 0. The molecule has 1 rings (SSSR count). The first-order valence-electron chi connectivity index (χ1n) is 3.81. The summed E-state index contributed by atoms with van der Waals surface area (Å²) < 4.78 is 4.94. The van der Waals surface area contributed by atoms with E-state index in [-0.39, 0.29) is 0 Å². The Morgan fingerprint density at radius 3 is 1.44 bits per heavy atom. The van der Waals surface area contributed by atoms with Gasteiger partial charge in [0.1, 0.15) is 0 Å². The number of hydrogen-bond acceptors (Lipinski definition) is 1. The van der Waals surface area contributed by atoms with Crippen molar-refractivity contribution in [1.82, 2.24) is 0 Å². The molecule has 1 heterocycles. The summed E-state index contributed by atoms with van der Waals surface area (Å²) in [7, 11) is 0. The average molecular weight is 130 g/mol. The Morgan fingerprint density at radius 2 is 1.33 bits per heavy atom. The Labute approximate surface area is 58.4 Å². The van der Waals surface area contributed by atoms with E-state index in [1.165, 1.54) is 12.8 Å². The lowest BCUT2D eigenvalue weighted by Gasteiger charge is -1.79. The Balaban J connectivity index is 0.000000148. The molecule has 0 unspecified atom stereocenters. The smallest absolute Gasteiger partial charge is 0.0466 e. The van der Waals surface area contributed by atoms with E-state index >= 15 is 0 Å². The number of ether oxygens (including phenoxy) is 1. The molecule has 0 bridgehead atoms. The highest BCUT2D eigenvalue weighted by Gasteiger charge is 1.94. The number of hydrogen-bond donors (Lipinski definition) is 0. The zero-order valence-electron chi connectivity index (χ0n) is 6.81. The molecule has 0 aromatic rings. The van der Waals surface area contributed by atoms with E-state index in [0.717, 1.165) is 19.1 Å². The maximum atomic E-state index is 4.94. The molecular formula is C8H18O. The summed E-state index contributed by atoms with van der Waals surface area (Å²) in [5.41, 5.74) is 0. The van der Waals surface area contributed by atoms with E-state index in [9.17, 15) is 0 Å². The summed E-state index contributed by atoms with van der Waals surface area (Å²) in [5.74, 6) is 0.833. The summed E-state index contributed by atoms with van der Waals surface area (Å²) >= 11 is 0. The minimum atomic E-state index is 0.833. The SMILES string of the molecule is C1CCOC1.CC(C)C. The maximum absolute atomic E-state index is 4.94. The van der Waals surface area contributed by atoms with Gasteiger partial charge in [-0.25, -0.2) is 0 Å². The van der Waals surface area contributed by atoms with Gasteiger partial charge in [-0.3, -0.25) is 0 Å². The van der Waals surface area contributed by atoms with Gasteiger partial charge in [0, 0.05) is 13.2 Å². The summed E-state index contributed by atoms with van der Waals surface area (Å²) in [5, 5.41) is 0. The van der Waals surface area contributed by atoms with Crippen molar-refractivity contribution in [3.8, 4) is 0 Å². The van der Waals surface area contributed by atoms with Crippen molar-refractivity contribution in [2.24, 2.45) is 5.92 Å². The molecule has 1 heteroatoms. The standard InChI is InChI=1S/C4H8O.C4H10/c1-2-4-5-3-1;1-4(2)3/h1-4H2;4H,1-3H3. The first kappa shape index (κ1) is 8.96. The van der Waals surface area contributed by atoms with Crippen LogP contribution in [-0.4, -0.2) is 13.2 Å². The third-order valence-electron chi connectivity index (χ3n) is 0.827. The fourth-order valence-corrected chi connectivity index (χ4v) is 0.510. The molecule has 1 fully saturated rings. The van der Waals surface area contributed by atoms with Gasteiger partial charge >= 0.3 is 0 Å². The molecule has 1 aliphatic heterocycles. The van der Waals surface area contributed by atoms with E-state index in [2.05, 4.69) is 20.8 Å². The van der Waals surface area contributed by atoms with E-state index in [1.54, 1.807) is 0 Å². The van der Waals surface area contributed by atoms with Gasteiger partial charge in [-0.2, -0.15) is 0 Å². The lowest BCUT2D eigenvalue weighted by Crippen LogP contribution is -1.74. The average Bonchev–Trinajstić information content (AvgIpc) is 2.11. The molecular weight excluding hydrogens is 112 g/mol. The molecule has 0 spiro atoms. The Hall–Kier alpha value is -0.0400. The van der Waals surface area contributed by atoms with Crippen molar-refractivity contribution in [3.63, 3.8) is 0 Å². The van der Waals surface area contributed by atoms with Crippen LogP contribution in [0.15, 0.2) is 0 Å². The van der Waals surface area contributed by atoms with Gasteiger partial charge in [-0.15, -0.1) is 0 Å². The molecule has 0 amide bonds. The largest absolute Gasteiger partial charge is 0.381 e. The van der Waals surface area contributed by atoms with Gasteiger partial charge in [-0.05, 0) is 18.8 Å². The first-order chi connectivity index (χ1) is 4.23. The quantitative estimate of drug-likeness (QED) is 0.489. The molecule has 1 aliphatic rings. The van der Waals surface area contributed by atoms with E-state index < -0.39 is 0 Å². The Kier molecular flexibility index (Phi) is 6.06. The fraction of sp³-hybridized carbons (Fsp3) is 1.00. The van der Waals surface area contributed by atoms with Crippen LogP contribution in [-0.2, 0) is 4.74 Å². The van der Waals surface area contributed by atoms with Crippen molar-refractivity contribution < 1.29 is 4.74 Å². The topological polar surface area (TPSA) is 9.23 Å². The Bertz CT molecular complexity index is 36.2. The van der Waals surface area contributed by atoms with Crippen molar-refractivity contribution in [2.45, 2.75) is 33.6 Å². The van der Waals surface area contributed by atoms with Crippen LogP contribution in [0.4, 0.5) is 0 Å². The second kappa shape index (κ2) is 6.09. The zero-order chi connectivity index (χ0) is 7.11. The van der Waals surface area contributed by atoms with Gasteiger partial charge in [-0.1, -0.05) is 20.8 Å². The van der Waals surface area contributed by atoms with Gasteiger partial charge < -0.3 is 4.74 Å². The third-order valence-corrected chi connectivity index (χ3v) is 0.827. The van der Waals surface area contributed by atoms with Gasteiger partial charge in [0.15, 0.2) is 0 Å². The van der Waals surface area contributed by atoms with Crippen molar-refractivity contribution in [2.75, 3.05) is 13.2 Å². The van der Waals surface area contributed by atoms with Gasteiger partial charge in [0.05, 0.1) is 0 Å². The molecule has 56 valence electrons. The molecule has 0 N–H and O–H groups in total. The summed E-state index contributed by atoms with van der Waals surface area (Å²) in [6.07, 6.45) is 2.56. The molecule has 1 saturated heterocycles. The molecule has 0 saturated carbocycles. The molecule has 0 atom stereocenters. The monoisotopic (exact) mass is 130 g/mol.